The topological polar surface area (TPSA) is 32.3 Å². The SMILES string of the molecule is CCC1C2CNCC2CN1C(=O)c1cccc(Cl)c1Cl. The number of likely N-dealkylation sites (tertiary alicyclic amines) is 1. The average Bonchev–Trinajstić information content (AvgIpc) is 3.01. The van der Waals surface area contributed by atoms with E-state index < -0.39 is 0 Å². The van der Waals surface area contributed by atoms with Gasteiger partial charge in [-0.15, -0.1) is 0 Å². The number of hydrogen-bond acceptors (Lipinski definition) is 2. The van der Waals surface area contributed by atoms with Crippen LogP contribution in [0.3, 0.4) is 0 Å². The molecule has 0 saturated carbocycles. The molecule has 3 rings (SSSR count). The van der Waals surface area contributed by atoms with Crippen LogP contribution in [0, 0.1) is 11.8 Å². The second-order valence-corrected chi connectivity index (χ2v) is 6.40. The standard InChI is InChI=1S/C15H18Cl2N2O/c1-2-13-11-7-18-6-9(11)8-19(13)15(20)10-4-3-5-12(16)14(10)17/h3-5,9,11,13,18H,2,6-8H2,1H3. The summed E-state index contributed by atoms with van der Waals surface area (Å²) in [5.41, 5.74) is 0.519. The number of amides is 1. The number of carbonyl (C=O) groups excluding carboxylic acids is 1. The van der Waals surface area contributed by atoms with Crippen molar-refractivity contribution in [3.63, 3.8) is 0 Å². The number of nitrogens with one attached hydrogen (secondary N) is 1. The fourth-order valence-corrected chi connectivity index (χ4v) is 3.98. The number of carbonyl (C=O) groups is 1. The molecule has 0 bridgehead atoms. The van der Waals surface area contributed by atoms with Crippen LogP contribution in [0.1, 0.15) is 23.7 Å². The van der Waals surface area contributed by atoms with Crippen LogP contribution < -0.4 is 5.32 Å². The quantitative estimate of drug-likeness (QED) is 0.910. The number of rotatable bonds is 2. The fourth-order valence-electron chi connectivity index (χ4n) is 3.60. The first-order valence-electron chi connectivity index (χ1n) is 7.09. The lowest BCUT2D eigenvalue weighted by Crippen LogP contribution is -2.39. The Bertz CT molecular complexity index is 535. The normalized spacial score (nSPS) is 28.8. The number of benzene rings is 1. The molecule has 108 valence electrons. The predicted molar refractivity (Wildman–Crippen MR) is 81.4 cm³/mol. The van der Waals surface area contributed by atoms with Gasteiger partial charge in [-0.1, -0.05) is 36.2 Å². The molecule has 3 nitrogen and oxygen atoms in total. The second kappa shape index (κ2) is 5.55. The molecule has 0 radical (unpaired) electrons. The van der Waals surface area contributed by atoms with Gasteiger partial charge in [0.05, 0.1) is 15.6 Å². The number of fused-ring (bicyclic) bond motifs is 1. The van der Waals surface area contributed by atoms with E-state index in [0.29, 0.717) is 33.5 Å². The van der Waals surface area contributed by atoms with E-state index in [9.17, 15) is 4.79 Å². The summed E-state index contributed by atoms with van der Waals surface area (Å²) in [6, 6.07) is 5.55. The molecule has 5 heteroatoms. The van der Waals surface area contributed by atoms with E-state index in [2.05, 4.69) is 12.2 Å². The van der Waals surface area contributed by atoms with E-state index >= 15 is 0 Å². The zero-order valence-electron chi connectivity index (χ0n) is 11.4. The summed E-state index contributed by atoms with van der Waals surface area (Å²) in [7, 11) is 0. The summed E-state index contributed by atoms with van der Waals surface area (Å²) in [4.78, 5) is 14.8. The number of hydrogen-bond donors (Lipinski definition) is 1. The maximum Gasteiger partial charge on any atom is 0.255 e. The van der Waals surface area contributed by atoms with E-state index in [0.717, 1.165) is 26.1 Å². The molecule has 3 unspecified atom stereocenters. The lowest BCUT2D eigenvalue weighted by atomic mass is 9.93. The molecule has 0 aromatic heterocycles. The van der Waals surface area contributed by atoms with Crippen molar-refractivity contribution in [1.29, 1.82) is 0 Å². The summed E-state index contributed by atoms with van der Waals surface area (Å²) >= 11 is 12.2. The van der Waals surface area contributed by atoms with Crippen LogP contribution in [0.25, 0.3) is 0 Å². The van der Waals surface area contributed by atoms with E-state index in [1.807, 2.05) is 4.90 Å². The highest BCUT2D eigenvalue weighted by Gasteiger charge is 2.45. The van der Waals surface area contributed by atoms with Gasteiger partial charge in [0.25, 0.3) is 5.91 Å². The van der Waals surface area contributed by atoms with Gasteiger partial charge in [-0.3, -0.25) is 4.79 Å². The molecule has 0 spiro atoms. The Morgan fingerprint density at radius 1 is 1.40 bits per heavy atom. The highest BCUT2D eigenvalue weighted by Crippen LogP contribution is 2.36. The van der Waals surface area contributed by atoms with E-state index in [-0.39, 0.29) is 5.91 Å². The summed E-state index contributed by atoms with van der Waals surface area (Å²) in [5.74, 6) is 1.16. The molecule has 1 amide bonds. The van der Waals surface area contributed by atoms with Crippen molar-refractivity contribution >= 4 is 29.1 Å². The van der Waals surface area contributed by atoms with Crippen LogP contribution in [0.5, 0.6) is 0 Å². The molecule has 1 aromatic rings. The van der Waals surface area contributed by atoms with Gasteiger partial charge < -0.3 is 10.2 Å². The van der Waals surface area contributed by atoms with Crippen molar-refractivity contribution < 1.29 is 4.79 Å². The van der Waals surface area contributed by atoms with Gasteiger partial charge in [0, 0.05) is 25.7 Å². The molecule has 2 heterocycles. The summed E-state index contributed by atoms with van der Waals surface area (Å²) in [6.45, 7) is 4.98. The first-order chi connectivity index (χ1) is 9.63. The monoisotopic (exact) mass is 312 g/mol. The average molecular weight is 313 g/mol. The molecule has 1 aromatic carbocycles. The molecule has 2 saturated heterocycles. The molecule has 2 fully saturated rings. The second-order valence-electron chi connectivity index (χ2n) is 5.62. The largest absolute Gasteiger partial charge is 0.335 e. The van der Waals surface area contributed by atoms with Crippen LogP contribution in [-0.2, 0) is 0 Å². The Balaban J connectivity index is 1.89. The Morgan fingerprint density at radius 2 is 2.20 bits per heavy atom. The number of nitrogens with zero attached hydrogens (tertiary/aromatic N) is 1. The van der Waals surface area contributed by atoms with Gasteiger partial charge in [-0.2, -0.15) is 0 Å². The lowest BCUT2D eigenvalue weighted by Gasteiger charge is -2.27. The van der Waals surface area contributed by atoms with Gasteiger partial charge in [0.15, 0.2) is 0 Å². The van der Waals surface area contributed by atoms with Gasteiger partial charge >= 0.3 is 0 Å². The van der Waals surface area contributed by atoms with Crippen LogP contribution in [0.15, 0.2) is 18.2 Å². The van der Waals surface area contributed by atoms with Crippen molar-refractivity contribution in [1.82, 2.24) is 10.2 Å². The molecule has 20 heavy (non-hydrogen) atoms. The van der Waals surface area contributed by atoms with Crippen molar-refractivity contribution in [3.8, 4) is 0 Å². The third-order valence-electron chi connectivity index (χ3n) is 4.58. The maximum absolute atomic E-state index is 12.8. The third-order valence-corrected chi connectivity index (χ3v) is 5.40. The van der Waals surface area contributed by atoms with Gasteiger partial charge in [-0.25, -0.2) is 0 Å². The minimum atomic E-state index is 0.0127. The molecule has 0 aliphatic carbocycles. The minimum absolute atomic E-state index is 0.0127. The number of halogens is 2. The predicted octanol–water partition coefficient (Wildman–Crippen LogP) is 3.06. The zero-order chi connectivity index (χ0) is 14.3. The Labute approximate surface area is 129 Å². The van der Waals surface area contributed by atoms with Crippen molar-refractivity contribution in [2.45, 2.75) is 19.4 Å². The summed E-state index contributed by atoms with van der Waals surface area (Å²) in [6.07, 6.45) is 0.979. The van der Waals surface area contributed by atoms with Gasteiger partial charge in [0.1, 0.15) is 0 Å². The third kappa shape index (κ3) is 2.22. The first kappa shape index (κ1) is 14.2. The Morgan fingerprint density at radius 3 is 2.95 bits per heavy atom. The van der Waals surface area contributed by atoms with E-state index in [1.165, 1.54) is 0 Å². The van der Waals surface area contributed by atoms with E-state index in [1.54, 1.807) is 18.2 Å². The maximum atomic E-state index is 12.8. The Kier molecular flexibility index (Phi) is 3.93. The van der Waals surface area contributed by atoms with Crippen LogP contribution >= 0.6 is 23.2 Å². The molecule has 1 N–H and O–H groups in total. The van der Waals surface area contributed by atoms with E-state index in [4.69, 9.17) is 23.2 Å². The molecule has 2 aliphatic rings. The zero-order valence-corrected chi connectivity index (χ0v) is 12.9. The van der Waals surface area contributed by atoms with Crippen LogP contribution in [0.4, 0.5) is 0 Å². The minimum Gasteiger partial charge on any atom is -0.335 e. The van der Waals surface area contributed by atoms with Crippen molar-refractivity contribution in [3.05, 3.63) is 33.8 Å². The Hall–Kier alpha value is -0.770. The summed E-state index contributed by atoms with van der Waals surface area (Å²) in [5, 5.41) is 4.22. The lowest BCUT2D eigenvalue weighted by molar-refractivity contribution is 0.0712. The van der Waals surface area contributed by atoms with Crippen LogP contribution in [0.2, 0.25) is 10.0 Å². The molecule has 2 aliphatic heterocycles. The van der Waals surface area contributed by atoms with Gasteiger partial charge in [-0.05, 0) is 30.4 Å². The summed E-state index contributed by atoms with van der Waals surface area (Å²) < 4.78 is 0. The van der Waals surface area contributed by atoms with Gasteiger partial charge in [0.2, 0.25) is 0 Å². The molecule has 3 atom stereocenters. The smallest absolute Gasteiger partial charge is 0.255 e. The van der Waals surface area contributed by atoms with Crippen LogP contribution in [-0.4, -0.2) is 36.5 Å². The highest BCUT2D eigenvalue weighted by atomic mass is 35.5. The van der Waals surface area contributed by atoms with Crippen molar-refractivity contribution in [2.24, 2.45) is 11.8 Å². The molecular formula is C15H18Cl2N2O. The first-order valence-corrected chi connectivity index (χ1v) is 7.84. The fraction of sp³-hybridized carbons (Fsp3) is 0.533. The molecular weight excluding hydrogens is 295 g/mol. The highest BCUT2D eigenvalue weighted by molar-refractivity contribution is 6.43. The van der Waals surface area contributed by atoms with Crippen molar-refractivity contribution in [2.75, 3.05) is 19.6 Å².